The molecule has 2 aliphatic heterocycles. The zero-order chi connectivity index (χ0) is 21.1. The van der Waals surface area contributed by atoms with Gasteiger partial charge in [0, 0.05) is 26.0 Å². The summed E-state index contributed by atoms with van der Waals surface area (Å²) >= 11 is 0. The maximum atomic E-state index is 12.1. The molecule has 6 nitrogen and oxygen atoms in total. The van der Waals surface area contributed by atoms with Gasteiger partial charge in [0.1, 0.15) is 0 Å². The van der Waals surface area contributed by atoms with Gasteiger partial charge in [-0.25, -0.2) is 0 Å². The molecule has 1 spiro atoms. The Kier molecular flexibility index (Phi) is 4.69. The Morgan fingerprint density at radius 2 is 2.00 bits per heavy atom. The predicted octanol–water partition coefficient (Wildman–Crippen LogP) is 3.88. The number of amides is 1. The first-order chi connectivity index (χ1) is 14.4. The van der Waals surface area contributed by atoms with Crippen LogP contribution in [0.25, 0.3) is 0 Å². The molecule has 1 aromatic carbocycles. The first-order valence-corrected chi connectivity index (χ1v) is 11.2. The van der Waals surface area contributed by atoms with Crippen LogP contribution in [-0.4, -0.2) is 38.9 Å². The summed E-state index contributed by atoms with van der Waals surface area (Å²) in [5.41, 5.74) is 1.28. The molecule has 1 aromatic rings. The summed E-state index contributed by atoms with van der Waals surface area (Å²) in [4.78, 5) is 12.1. The average molecular weight is 416 g/mol. The van der Waals surface area contributed by atoms with Crippen LogP contribution in [0.15, 0.2) is 12.1 Å². The number of fused-ring (bicyclic) bond motifs is 2. The Bertz CT molecular complexity index is 852. The van der Waals surface area contributed by atoms with Crippen LogP contribution in [0.5, 0.6) is 17.2 Å². The summed E-state index contributed by atoms with van der Waals surface area (Å²) in [6.45, 7) is 8.26. The van der Waals surface area contributed by atoms with E-state index < -0.39 is 0 Å². The highest BCUT2D eigenvalue weighted by molar-refractivity contribution is 5.73. The molecule has 4 aliphatic rings. The molecule has 0 radical (unpaired) electrons. The predicted molar refractivity (Wildman–Crippen MR) is 112 cm³/mol. The molecule has 6 heteroatoms. The molecule has 2 heterocycles. The lowest BCUT2D eigenvalue weighted by Gasteiger charge is -2.53. The third kappa shape index (κ3) is 2.83. The molecule has 1 amide bonds. The van der Waals surface area contributed by atoms with Crippen LogP contribution in [0.3, 0.4) is 0 Å². The third-order valence-electron chi connectivity index (χ3n) is 8.24. The van der Waals surface area contributed by atoms with Crippen molar-refractivity contribution in [3.05, 3.63) is 17.7 Å². The number of carbonyl (C=O) groups excluding carboxylic acids is 1. The standard InChI is InChI=1S/C24H33NO5/c1-14(26)25-22-23(2,3)16-12-17-20(30-9-6-24(17,22)13-16)15-10-18(27-4)21-19(11-15)28-7-5-8-29-21/h10-11,16-17,20,22H,5-9,12-13H2,1-4H3,(H,25,26)/t16-,17-,20-,22-,24?/m1/s1. The van der Waals surface area contributed by atoms with E-state index in [4.69, 9.17) is 18.9 Å². The minimum absolute atomic E-state index is 0.0258. The molecule has 0 aromatic heterocycles. The molecule has 2 bridgehead atoms. The maximum Gasteiger partial charge on any atom is 0.217 e. The van der Waals surface area contributed by atoms with E-state index in [1.54, 1.807) is 14.0 Å². The van der Waals surface area contributed by atoms with Crippen LogP contribution < -0.4 is 19.5 Å². The molecule has 1 N–H and O–H groups in total. The molecular weight excluding hydrogens is 382 g/mol. The quantitative estimate of drug-likeness (QED) is 0.812. The largest absolute Gasteiger partial charge is 0.493 e. The van der Waals surface area contributed by atoms with Crippen LogP contribution in [0.2, 0.25) is 0 Å². The fourth-order valence-electron chi connectivity index (χ4n) is 6.90. The van der Waals surface area contributed by atoms with Gasteiger partial charge in [0.25, 0.3) is 0 Å². The zero-order valence-corrected chi connectivity index (χ0v) is 18.5. The van der Waals surface area contributed by atoms with E-state index in [2.05, 4.69) is 31.3 Å². The lowest BCUT2D eigenvalue weighted by atomic mass is 9.59. The summed E-state index contributed by atoms with van der Waals surface area (Å²) in [6, 6.07) is 4.32. The Hall–Kier alpha value is -1.95. The molecule has 3 fully saturated rings. The van der Waals surface area contributed by atoms with Gasteiger partial charge in [0.2, 0.25) is 11.7 Å². The van der Waals surface area contributed by atoms with Crippen molar-refractivity contribution in [2.75, 3.05) is 26.9 Å². The maximum absolute atomic E-state index is 12.1. The second-order valence-electron chi connectivity index (χ2n) is 10.1. The van der Waals surface area contributed by atoms with Crippen LogP contribution in [0.1, 0.15) is 58.1 Å². The van der Waals surface area contributed by atoms with Crippen molar-refractivity contribution in [3.8, 4) is 17.2 Å². The van der Waals surface area contributed by atoms with Gasteiger partial charge in [-0.3, -0.25) is 4.79 Å². The van der Waals surface area contributed by atoms with E-state index in [-0.39, 0.29) is 28.9 Å². The number of ether oxygens (including phenoxy) is 4. The summed E-state index contributed by atoms with van der Waals surface area (Å²) in [5, 5.41) is 3.34. The minimum atomic E-state index is -0.0258. The van der Waals surface area contributed by atoms with Gasteiger partial charge in [0.15, 0.2) is 11.5 Å². The highest BCUT2D eigenvalue weighted by atomic mass is 16.5. The zero-order valence-electron chi connectivity index (χ0n) is 18.5. The van der Waals surface area contributed by atoms with E-state index in [1.165, 1.54) is 0 Å². The molecule has 2 aliphatic carbocycles. The van der Waals surface area contributed by atoms with Crippen LogP contribution in [0.4, 0.5) is 0 Å². The number of nitrogens with one attached hydrogen (secondary N) is 1. The van der Waals surface area contributed by atoms with E-state index >= 15 is 0 Å². The van der Waals surface area contributed by atoms with Crippen molar-refractivity contribution < 1.29 is 23.7 Å². The van der Waals surface area contributed by atoms with Gasteiger partial charge in [-0.15, -0.1) is 0 Å². The van der Waals surface area contributed by atoms with Gasteiger partial charge < -0.3 is 24.3 Å². The SMILES string of the molecule is COc1cc([C@H]2OCCC34C[C@@H](C[C@H]23)C(C)(C)[C@H]4NC(C)=O)cc2c1OCCCO2. The van der Waals surface area contributed by atoms with Crippen LogP contribution in [0, 0.1) is 22.7 Å². The van der Waals surface area contributed by atoms with Crippen LogP contribution >= 0.6 is 0 Å². The lowest BCUT2D eigenvalue weighted by Crippen LogP contribution is -2.58. The summed E-state index contributed by atoms with van der Waals surface area (Å²) < 4.78 is 23.9. The highest BCUT2D eigenvalue weighted by Gasteiger charge is 2.68. The Morgan fingerprint density at radius 1 is 1.20 bits per heavy atom. The number of benzene rings is 1. The van der Waals surface area contributed by atoms with Crippen molar-refractivity contribution in [2.45, 2.75) is 58.6 Å². The molecule has 164 valence electrons. The number of carbonyl (C=O) groups is 1. The number of hydrogen-bond acceptors (Lipinski definition) is 5. The number of rotatable bonds is 3. The molecule has 30 heavy (non-hydrogen) atoms. The van der Waals surface area contributed by atoms with E-state index in [9.17, 15) is 4.79 Å². The second-order valence-corrected chi connectivity index (χ2v) is 10.1. The fraction of sp³-hybridized carbons (Fsp3) is 0.708. The van der Waals surface area contributed by atoms with Crippen molar-refractivity contribution in [1.29, 1.82) is 0 Å². The van der Waals surface area contributed by atoms with Crippen molar-refractivity contribution in [2.24, 2.45) is 22.7 Å². The number of methoxy groups -OCH3 is 1. The topological polar surface area (TPSA) is 66.0 Å². The fourth-order valence-corrected chi connectivity index (χ4v) is 6.90. The van der Waals surface area contributed by atoms with Gasteiger partial charge in [-0.1, -0.05) is 13.8 Å². The summed E-state index contributed by atoms with van der Waals surface area (Å²) in [7, 11) is 1.67. The van der Waals surface area contributed by atoms with Crippen molar-refractivity contribution in [3.63, 3.8) is 0 Å². The van der Waals surface area contributed by atoms with Crippen molar-refractivity contribution >= 4 is 5.91 Å². The molecule has 1 saturated heterocycles. The van der Waals surface area contributed by atoms with E-state index in [0.29, 0.717) is 43.2 Å². The second kappa shape index (κ2) is 7.04. The van der Waals surface area contributed by atoms with Gasteiger partial charge in [-0.2, -0.15) is 0 Å². The van der Waals surface area contributed by atoms with Crippen LogP contribution in [-0.2, 0) is 9.53 Å². The molecule has 2 saturated carbocycles. The van der Waals surface area contributed by atoms with Gasteiger partial charge >= 0.3 is 0 Å². The number of hydrogen-bond donors (Lipinski definition) is 1. The van der Waals surface area contributed by atoms with Crippen molar-refractivity contribution in [1.82, 2.24) is 5.32 Å². The van der Waals surface area contributed by atoms with E-state index in [1.807, 2.05) is 0 Å². The smallest absolute Gasteiger partial charge is 0.217 e. The van der Waals surface area contributed by atoms with Gasteiger partial charge in [-0.05, 0) is 59.6 Å². The molecule has 5 rings (SSSR count). The average Bonchev–Trinajstić information content (AvgIpc) is 3.07. The molecule has 1 unspecified atom stereocenters. The monoisotopic (exact) mass is 415 g/mol. The highest BCUT2D eigenvalue weighted by Crippen LogP contribution is 2.70. The minimum Gasteiger partial charge on any atom is -0.493 e. The lowest BCUT2D eigenvalue weighted by molar-refractivity contribution is -0.136. The summed E-state index contributed by atoms with van der Waals surface area (Å²) in [5.74, 6) is 3.16. The normalized spacial score (nSPS) is 36.0. The first kappa shape index (κ1) is 20.0. The van der Waals surface area contributed by atoms with E-state index in [0.717, 1.165) is 37.0 Å². The molecular formula is C24H33NO5. The molecule has 5 atom stereocenters. The Morgan fingerprint density at radius 3 is 2.77 bits per heavy atom. The first-order valence-electron chi connectivity index (χ1n) is 11.2. The Labute approximate surface area is 178 Å². The van der Waals surface area contributed by atoms with Gasteiger partial charge in [0.05, 0.1) is 26.4 Å². The Balaban J connectivity index is 1.53. The third-order valence-corrected chi connectivity index (χ3v) is 8.24. The summed E-state index contributed by atoms with van der Waals surface area (Å²) in [6.07, 6.45) is 4.12.